The van der Waals surface area contributed by atoms with Crippen LogP contribution in [0.3, 0.4) is 0 Å². The van der Waals surface area contributed by atoms with Crippen LogP contribution in [-0.2, 0) is 6.54 Å². The molecule has 2 aromatic rings. The Hall–Kier alpha value is -0.360. The van der Waals surface area contributed by atoms with Crippen LogP contribution in [0, 0.1) is 6.92 Å². The van der Waals surface area contributed by atoms with E-state index in [9.17, 15) is 0 Å². The largest absolute Gasteiger partial charge is 0.496 e. The Labute approximate surface area is 140 Å². The third-order valence-corrected chi connectivity index (χ3v) is 6.39. The van der Waals surface area contributed by atoms with Crippen molar-refractivity contribution in [2.75, 3.05) is 7.11 Å². The van der Waals surface area contributed by atoms with Crippen molar-refractivity contribution in [2.45, 2.75) is 26.4 Å². The second kappa shape index (κ2) is 7.07. The summed E-state index contributed by atoms with van der Waals surface area (Å²) in [5, 5.41) is 3.55. The average Bonchev–Trinajstić information content (AvgIpc) is 2.75. The van der Waals surface area contributed by atoms with Crippen molar-refractivity contribution >= 4 is 43.2 Å². The number of nitrogens with one attached hydrogen (secondary N) is 1. The van der Waals surface area contributed by atoms with Gasteiger partial charge in [0.05, 0.1) is 10.9 Å². The maximum Gasteiger partial charge on any atom is 0.123 e. The fraction of sp³-hybridized carbons (Fsp3) is 0.333. The summed E-state index contributed by atoms with van der Waals surface area (Å²) >= 11 is 8.78. The highest BCUT2D eigenvalue weighted by Crippen LogP contribution is 2.33. The zero-order valence-corrected chi connectivity index (χ0v) is 15.7. The normalized spacial score (nSPS) is 12.4. The van der Waals surface area contributed by atoms with Crippen molar-refractivity contribution < 1.29 is 4.74 Å². The van der Waals surface area contributed by atoms with Crippen LogP contribution in [0.2, 0.25) is 0 Å². The molecule has 0 spiro atoms. The van der Waals surface area contributed by atoms with E-state index < -0.39 is 0 Å². The third-order valence-electron chi connectivity index (χ3n) is 3.13. The molecule has 1 N–H and O–H groups in total. The van der Waals surface area contributed by atoms with Crippen LogP contribution in [0.5, 0.6) is 5.75 Å². The van der Waals surface area contributed by atoms with Gasteiger partial charge in [-0.2, -0.15) is 0 Å². The van der Waals surface area contributed by atoms with Gasteiger partial charge in [-0.3, -0.25) is 0 Å². The molecule has 0 fully saturated rings. The lowest BCUT2D eigenvalue weighted by molar-refractivity contribution is 0.401. The minimum Gasteiger partial charge on any atom is -0.496 e. The van der Waals surface area contributed by atoms with E-state index in [1.54, 1.807) is 18.4 Å². The molecule has 0 radical (unpaired) electrons. The van der Waals surface area contributed by atoms with Crippen molar-refractivity contribution in [3.8, 4) is 5.75 Å². The Morgan fingerprint density at radius 1 is 1.30 bits per heavy atom. The maximum absolute atomic E-state index is 5.44. The molecular weight excluding hydrogens is 402 g/mol. The molecule has 1 aromatic heterocycles. The van der Waals surface area contributed by atoms with Gasteiger partial charge in [0, 0.05) is 27.5 Å². The van der Waals surface area contributed by atoms with Gasteiger partial charge >= 0.3 is 0 Å². The smallest absolute Gasteiger partial charge is 0.123 e. The summed E-state index contributed by atoms with van der Waals surface area (Å²) in [6.45, 7) is 5.10. The molecule has 0 bridgehead atoms. The van der Waals surface area contributed by atoms with Gasteiger partial charge in [-0.1, -0.05) is 17.7 Å². The van der Waals surface area contributed by atoms with Crippen LogP contribution in [-0.4, -0.2) is 7.11 Å². The topological polar surface area (TPSA) is 21.3 Å². The van der Waals surface area contributed by atoms with E-state index in [0.29, 0.717) is 0 Å². The highest BCUT2D eigenvalue weighted by atomic mass is 79.9. The fourth-order valence-electron chi connectivity index (χ4n) is 2.03. The zero-order valence-electron chi connectivity index (χ0n) is 11.7. The number of hydrogen-bond acceptors (Lipinski definition) is 3. The first kappa shape index (κ1) is 16.0. The third kappa shape index (κ3) is 3.85. The molecular formula is C15H17Br2NOS. The van der Waals surface area contributed by atoms with Gasteiger partial charge in [0.1, 0.15) is 5.75 Å². The van der Waals surface area contributed by atoms with E-state index in [2.05, 4.69) is 69.2 Å². The molecule has 0 aliphatic rings. The van der Waals surface area contributed by atoms with Gasteiger partial charge in [-0.15, -0.1) is 11.3 Å². The number of benzene rings is 1. The predicted octanol–water partition coefficient (Wildman–Crippen LogP) is 5.44. The van der Waals surface area contributed by atoms with Crippen LogP contribution >= 0.6 is 43.2 Å². The first-order valence-electron chi connectivity index (χ1n) is 6.33. The summed E-state index contributed by atoms with van der Waals surface area (Å²) in [4.78, 5) is 1.29. The molecule has 0 amide bonds. The monoisotopic (exact) mass is 417 g/mol. The van der Waals surface area contributed by atoms with Gasteiger partial charge < -0.3 is 10.1 Å². The molecule has 1 aromatic carbocycles. The molecule has 1 atom stereocenters. The predicted molar refractivity (Wildman–Crippen MR) is 92.7 cm³/mol. The Morgan fingerprint density at radius 2 is 2.05 bits per heavy atom. The van der Waals surface area contributed by atoms with Crippen LogP contribution in [0.15, 0.2) is 32.5 Å². The van der Waals surface area contributed by atoms with E-state index in [4.69, 9.17) is 4.74 Å². The van der Waals surface area contributed by atoms with Crippen LogP contribution in [0.4, 0.5) is 0 Å². The van der Waals surface area contributed by atoms with E-state index in [-0.39, 0.29) is 6.04 Å². The Kier molecular flexibility index (Phi) is 5.66. The molecule has 0 aliphatic carbocycles. The van der Waals surface area contributed by atoms with E-state index in [1.807, 2.05) is 6.07 Å². The molecule has 0 aliphatic heterocycles. The van der Waals surface area contributed by atoms with Crippen molar-refractivity contribution in [3.63, 3.8) is 0 Å². The van der Waals surface area contributed by atoms with Crippen LogP contribution in [0.25, 0.3) is 0 Å². The lowest BCUT2D eigenvalue weighted by atomic mass is 10.0. The molecule has 0 saturated heterocycles. The van der Waals surface area contributed by atoms with Crippen molar-refractivity contribution in [2.24, 2.45) is 0 Å². The van der Waals surface area contributed by atoms with Gasteiger partial charge in [-0.05, 0) is 57.8 Å². The highest BCUT2D eigenvalue weighted by Gasteiger charge is 2.12. The second-order valence-corrected chi connectivity index (χ2v) is 7.99. The van der Waals surface area contributed by atoms with E-state index in [1.165, 1.54) is 16.0 Å². The Morgan fingerprint density at radius 3 is 2.65 bits per heavy atom. The van der Waals surface area contributed by atoms with Crippen LogP contribution in [0.1, 0.15) is 29.0 Å². The molecule has 2 nitrogen and oxygen atoms in total. The average molecular weight is 419 g/mol. The van der Waals surface area contributed by atoms with E-state index in [0.717, 1.165) is 20.6 Å². The molecule has 20 heavy (non-hydrogen) atoms. The Bertz CT molecular complexity index is 578. The fourth-order valence-corrected chi connectivity index (χ4v) is 4.16. The number of hydrogen-bond donors (Lipinski definition) is 1. The Balaban J connectivity index is 2.08. The lowest BCUT2D eigenvalue weighted by Crippen LogP contribution is -2.18. The second-order valence-electron chi connectivity index (χ2n) is 4.68. The summed E-state index contributed by atoms with van der Waals surface area (Å²) in [7, 11) is 1.72. The number of ether oxygens (including phenoxy) is 1. The zero-order chi connectivity index (χ0) is 14.7. The number of methoxy groups -OCH3 is 1. The lowest BCUT2D eigenvalue weighted by Gasteiger charge is -2.17. The standard InChI is InChI=1S/C15H17Br2NOS/c1-9-4-5-14(19-3)12(6-9)10(2)18-8-11-7-13(16)15(17)20-11/h4-7,10,18H,8H2,1-3H3. The van der Waals surface area contributed by atoms with Gasteiger partial charge in [0.2, 0.25) is 0 Å². The summed E-state index contributed by atoms with van der Waals surface area (Å²) in [5.74, 6) is 0.934. The summed E-state index contributed by atoms with van der Waals surface area (Å²) in [5.41, 5.74) is 2.44. The van der Waals surface area contributed by atoms with Crippen molar-refractivity contribution in [3.05, 3.63) is 48.5 Å². The first-order chi connectivity index (χ1) is 9.51. The van der Waals surface area contributed by atoms with Gasteiger partial charge in [-0.25, -0.2) is 0 Å². The minimum absolute atomic E-state index is 0.240. The summed E-state index contributed by atoms with van der Waals surface area (Å²) in [6, 6.07) is 8.66. The van der Waals surface area contributed by atoms with Crippen molar-refractivity contribution in [1.82, 2.24) is 5.32 Å². The number of rotatable bonds is 5. The number of halogens is 2. The summed E-state index contributed by atoms with van der Waals surface area (Å²) < 4.78 is 7.69. The number of aryl methyl sites for hydroxylation is 1. The first-order valence-corrected chi connectivity index (χ1v) is 8.73. The van der Waals surface area contributed by atoms with Gasteiger partial charge in [0.15, 0.2) is 0 Å². The molecule has 0 saturated carbocycles. The molecule has 1 unspecified atom stereocenters. The summed E-state index contributed by atoms with van der Waals surface area (Å²) in [6.07, 6.45) is 0. The minimum atomic E-state index is 0.240. The number of thiophene rings is 1. The van der Waals surface area contributed by atoms with Crippen molar-refractivity contribution in [1.29, 1.82) is 0 Å². The highest BCUT2D eigenvalue weighted by molar-refractivity contribution is 9.13. The molecule has 5 heteroatoms. The van der Waals surface area contributed by atoms with Gasteiger partial charge in [0.25, 0.3) is 0 Å². The molecule has 1 heterocycles. The molecule has 2 rings (SSSR count). The van der Waals surface area contributed by atoms with E-state index >= 15 is 0 Å². The quantitative estimate of drug-likeness (QED) is 0.697. The molecule has 108 valence electrons. The SMILES string of the molecule is COc1ccc(C)cc1C(C)NCc1cc(Br)c(Br)s1. The maximum atomic E-state index is 5.44. The van der Waals surface area contributed by atoms with Crippen LogP contribution < -0.4 is 10.1 Å².